The van der Waals surface area contributed by atoms with Crippen molar-refractivity contribution in [3.05, 3.63) is 83.6 Å². The smallest absolute Gasteiger partial charge is 0.338 e. The minimum Gasteiger partial charge on any atom is -0.462 e. The second-order valence-electron chi connectivity index (χ2n) is 6.00. The van der Waals surface area contributed by atoms with Crippen LogP contribution in [-0.2, 0) is 4.74 Å². The van der Waals surface area contributed by atoms with Crippen molar-refractivity contribution in [3.8, 4) is 6.07 Å². The van der Waals surface area contributed by atoms with E-state index in [4.69, 9.17) is 10.00 Å². The standard InChI is InChI=1S/C22H18N4O3/c1-2-29-22(28)16-6-8-18(9-7-16)26-21(27)17-10-11-24-20(13-17)25-19-5-3-4-15(12-19)14-23/h3-13H,2H2,1H3,(H,24,25)(H,26,27). The molecular formula is C22H18N4O3. The summed E-state index contributed by atoms with van der Waals surface area (Å²) in [5, 5.41) is 14.8. The molecule has 0 atom stereocenters. The predicted octanol–water partition coefficient (Wildman–Crippen LogP) is 4.13. The van der Waals surface area contributed by atoms with Gasteiger partial charge in [-0.05, 0) is 61.5 Å². The highest BCUT2D eigenvalue weighted by atomic mass is 16.5. The lowest BCUT2D eigenvalue weighted by Crippen LogP contribution is -2.12. The molecular weight excluding hydrogens is 368 g/mol. The Morgan fingerprint density at radius 1 is 1.03 bits per heavy atom. The molecule has 3 aromatic rings. The van der Waals surface area contributed by atoms with E-state index in [1.54, 1.807) is 67.6 Å². The van der Waals surface area contributed by atoms with Crippen molar-refractivity contribution in [2.45, 2.75) is 6.92 Å². The van der Waals surface area contributed by atoms with Crippen LogP contribution in [0.25, 0.3) is 0 Å². The molecule has 0 aliphatic carbocycles. The minimum absolute atomic E-state index is 0.302. The number of esters is 1. The maximum Gasteiger partial charge on any atom is 0.338 e. The summed E-state index contributed by atoms with van der Waals surface area (Å²) in [4.78, 5) is 28.4. The Morgan fingerprint density at radius 3 is 2.55 bits per heavy atom. The van der Waals surface area contributed by atoms with E-state index < -0.39 is 5.97 Å². The van der Waals surface area contributed by atoms with E-state index in [1.807, 2.05) is 0 Å². The summed E-state index contributed by atoms with van der Waals surface area (Å²) < 4.78 is 4.94. The van der Waals surface area contributed by atoms with Crippen LogP contribution < -0.4 is 10.6 Å². The number of aromatic nitrogens is 1. The molecule has 0 fully saturated rings. The van der Waals surface area contributed by atoms with Crippen LogP contribution in [0.15, 0.2) is 66.9 Å². The molecule has 0 saturated heterocycles. The lowest BCUT2D eigenvalue weighted by Gasteiger charge is -2.09. The SMILES string of the molecule is CCOC(=O)c1ccc(NC(=O)c2ccnc(Nc3cccc(C#N)c3)c2)cc1. The van der Waals surface area contributed by atoms with Crippen molar-refractivity contribution in [1.29, 1.82) is 5.26 Å². The van der Waals surface area contributed by atoms with E-state index >= 15 is 0 Å². The van der Waals surface area contributed by atoms with Gasteiger partial charge in [-0.3, -0.25) is 4.79 Å². The molecule has 144 valence electrons. The van der Waals surface area contributed by atoms with Gasteiger partial charge < -0.3 is 15.4 Å². The molecule has 0 aliphatic rings. The molecule has 0 spiro atoms. The van der Waals surface area contributed by atoms with E-state index in [1.165, 1.54) is 6.20 Å². The summed E-state index contributed by atoms with van der Waals surface area (Å²) in [5.74, 6) is -0.244. The first kappa shape index (κ1) is 19.6. The molecule has 7 heteroatoms. The van der Waals surface area contributed by atoms with Crippen LogP contribution in [0.4, 0.5) is 17.2 Å². The maximum absolute atomic E-state index is 12.5. The van der Waals surface area contributed by atoms with Gasteiger partial charge in [0.25, 0.3) is 5.91 Å². The first-order valence-corrected chi connectivity index (χ1v) is 8.91. The first-order valence-electron chi connectivity index (χ1n) is 8.91. The summed E-state index contributed by atoms with van der Waals surface area (Å²) in [6, 6.07) is 18.7. The summed E-state index contributed by atoms with van der Waals surface area (Å²) in [7, 11) is 0. The number of carbonyl (C=O) groups excluding carboxylic acids is 2. The van der Waals surface area contributed by atoms with Crippen LogP contribution in [0, 0.1) is 11.3 Å². The number of hydrogen-bond acceptors (Lipinski definition) is 6. The summed E-state index contributed by atoms with van der Waals surface area (Å²) in [5.41, 5.74) is 2.60. The Kier molecular flexibility index (Phi) is 6.18. The largest absolute Gasteiger partial charge is 0.462 e. The Labute approximate surface area is 168 Å². The second kappa shape index (κ2) is 9.15. The molecule has 0 bridgehead atoms. The highest BCUT2D eigenvalue weighted by Crippen LogP contribution is 2.18. The van der Waals surface area contributed by atoms with Gasteiger partial charge in [0.05, 0.1) is 23.8 Å². The van der Waals surface area contributed by atoms with Crippen LogP contribution in [0.2, 0.25) is 0 Å². The van der Waals surface area contributed by atoms with Crippen LogP contribution in [-0.4, -0.2) is 23.5 Å². The Balaban J connectivity index is 1.69. The Bertz CT molecular complexity index is 1070. The molecule has 2 N–H and O–H groups in total. The highest BCUT2D eigenvalue weighted by molar-refractivity contribution is 6.04. The van der Waals surface area contributed by atoms with Gasteiger partial charge in [0, 0.05) is 23.1 Å². The zero-order valence-electron chi connectivity index (χ0n) is 15.7. The topological polar surface area (TPSA) is 104 Å². The number of benzene rings is 2. The van der Waals surface area contributed by atoms with Crippen LogP contribution in [0.3, 0.4) is 0 Å². The molecule has 0 radical (unpaired) electrons. The number of carbonyl (C=O) groups is 2. The molecule has 0 aliphatic heterocycles. The molecule has 3 rings (SSSR count). The second-order valence-corrected chi connectivity index (χ2v) is 6.00. The van der Waals surface area contributed by atoms with E-state index in [9.17, 15) is 9.59 Å². The van der Waals surface area contributed by atoms with Crippen molar-refractivity contribution >= 4 is 29.1 Å². The number of nitrogens with one attached hydrogen (secondary N) is 2. The quantitative estimate of drug-likeness (QED) is 0.618. The van der Waals surface area contributed by atoms with Gasteiger partial charge in [0.15, 0.2) is 0 Å². The van der Waals surface area contributed by atoms with Gasteiger partial charge in [-0.1, -0.05) is 6.07 Å². The number of rotatable bonds is 6. The third-order valence-corrected chi connectivity index (χ3v) is 3.94. The molecule has 1 amide bonds. The van der Waals surface area contributed by atoms with Crippen LogP contribution in [0.1, 0.15) is 33.2 Å². The monoisotopic (exact) mass is 386 g/mol. The van der Waals surface area contributed by atoms with Gasteiger partial charge >= 0.3 is 5.97 Å². The van der Waals surface area contributed by atoms with E-state index in [2.05, 4.69) is 21.7 Å². The molecule has 0 saturated carbocycles. The van der Waals surface area contributed by atoms with Crippen molar-refractivity contribution in [3.63, 3.8) is 0 Å². The van der Waals surface area contributed by atoms with Gasteiger partial charge in [-0.2, -0.15) is 5.26 Å². The van der Waals surface area contributed by atoms with Crippen LogP contribution >= 0.6 is 0 Å². The molecule has 1 heterocycles. The van der Waals surface area contributed by atoms with E-state index in [-0.39, 0.29) is 5.91 Å². The zero-order chi connectivity index (χ0) is 20.6. The fourth-order valence-electron chi connectivity index (χ4n) is 2.56. The Morgan fingerprint density at radius 2 is 1.83 bits per heavy atom. The van der Waals surface area contributed by atoms with Gasteiger partial charge in [-0.15, -0.1) is 0 Å². The maximum atomic E-state index is 12.5. The normalized spacial score (nSPS) is 9.93. The fraction of sp³-hybridized carbons (Fsp3) is 0.0909. The number of ether oxygens (including phenoxy) is 1. The van der Waals surface area contributed by atoms with E-state index in [0.717, 1.165) is 0 Å². The third kappa shape index (κ3) is 5.17. The third-order valence-electron chi connectivity index (χ3n) is 3.94. The first-order chi connectivity index (χ1) is 14.1. The summed E-state index contributed by atoms with van der Waals surface area (Å²) in [6.07, 6.45) is 1.52. The molecule has 7 nitrogen and oxygen atoms in total. The van der Waals surface area contributed by atoms with Crippen molar-refractivity contribution in [1.82, 2.24) is 4.98 Å². The summed E-state index contributed by atoms with van der Waals surface area (Å²) >= 11 is 0. The fourth-order valence-corrected chi connectivity index (χ4v) is 2.56. The number of amides is 1. The zero-order valence-corrected chi connectivity index (χ0v) is 15.7. The average Bonchev–Trinajstić information content (AvgIpc) is 2.74. The lowest BCUT2D eigenvalue weighted by molar-refractivity contribution is 0.0526. The van der Waals surface area contributed by atoms with E-state index in [0.29, 0.717) is 40.5 Å². The summed E-state index contributed by atoms with van der Waals surface area (Å²) in [6.45, 7) is 2.04. The van der Waals surface area contributed by atoms with Crippen molar-refractivity contribution in [2.75, 3.05) is 17.2 Å². The number of anilines is 3. The lowest BCUT2D eigenvalue weighted by atomic mass is 10.2. The van der Waals surface area contributed by atoms with Crippen molar-refractivity contribution in [2.24, 2.45) is 0 Å². The number of nitrogens with zero attached hydrogens (tertiary/aromatic N) is 2. The predicted molar refractivity (Wildman–Crippen MR) is 109 cm³/mol. The number of hydrogen-bond donors (Lipinski definition) is 2. The average molecular weight is 386 g/mol. The number of nitriles is 1. The van der Waals surface area contributed by atoms with Crippen LogP contribution in [0.5, 0.6) is 0 Å². The molecule has 1 aromatic heterocycles. The van der Waals surface area contributed by atoms with Gasteiger partial charge in [-0.25, -0.2) is 9.78 Å². The van der Waals surface area contributed by atoms with Gasteiger partial charge in [0.2, 0.25) is 0 Å². The molecule has 0 unspecified atom stereocenters. The Hall–Kier alpha value is -4.18. The van der Waals surface area contributed by atoms with Gasteiger partial charge in [0.1, 0.15) is 5.82 Å². The highest BCUT2D eigenvalue weighted by Gasteiger charge is 2.10. The van der Waals surface area contributed by atoms with Crippen molar-refractivity contribution < 1.29 is 14.3 Å². The molecule has 2 aromatic carbocycles. The molecule has 29 heavy (non-hydrogen) atoms. The number of pyridine rings is 1. The minimum atomic E-state index is -0.407.